The van der Waals surface area contributed by atoms with Gasteiger partial charge in [-0.25, -0.2) is 4.98 Å². The Labute approximate surface area is 166 Å². The van der Waals surface area contributed by atoms with Crippen LogP contribution in [0.1, 0.15) is 35.9 Å². The molecule has 0 aliphatic rings. The van der Waals surface area contributed by atoms with Gasteiger partial charge in [-0.1, -0.05) is 31.2 Å². The molecule has 1 aromatic heterocycles. The van der Waals surface area contributed by atoms with Gasteiger partial charge in [0.15, 0.2) is 6.10 Å². The first-order valence-electron chi connectivity index (χ1n) is 9.59. The van der Waals surface area contributed by atoms with Crippen molar-refractivity contribution in [1.29, 1.82) is 0 Å². The lowest BCUT2D eigenvalue weighted by Gasteiger charge is -2.19. The zero-order valence-corrected chi connectivity index (χ0v) is 16.9. The molecule has 0 fully saturated rings. The second-order valence-corrected chi connectivity index (χ2v) is 7.01. The van der Waals surface area contributed by atoms with E-state index in [0.29, 0.717) is 13.0 Å². The van der Waals surface area contributed by atoms with Gasteiger partial charge in [0, 0.05) is 24.6 Å². The summed E-state index contributed by atoms with van der Waals surface area (Å²) in [5.74, 6) is 1.61. The number of amides is 1. The normalized spacial score (nSPS) is 11.9. The Kier molecular flexibility index (Phi) is 6.14. The number of rotatable bonds is 7. The molecule has 5 nitrogen and oxygen atoms in total. The maximum atomic E-state index is 12.6. The smallest absolute Gasteiger partial charge is 0.261 e. The molecule has 0 radical (unpaired) electrons. The number of aryl methyl sites for hydroxylation is 3. The van der Waals surface area contributed by atoms with Gasteiger partial charge >= 0.3 is 0 Å². The number of nitrogens with zero attached hydrogens (tertiary/aromatic N) is 2. The Morgan fingerprint density at radius 1 is 1.14 bits per heavy atom. The summed E-state index contributed by atoms with van der Waals surface area (Å²) in [5.41, 5.74) is 4.23. The zero-order chi connectivity index (χ0) is 20.1. The van der Waals surface area contributed by atoms with E-state index in [9.17, 15) is 4.79 Å². The van der Waals surface area contributed by atoms with Crippen molar-refractivity contribution in [3.63, 3.8) is 0 Å². The lowest BCUT2D eigenvalue weighted by atomic mass is 10.1. The predicted octanol–water partition coefficient (Wildman–Crippen LogP) is 4.27. The van der Waals surface area contributed by atoms with E-state index >= 15 is 0 Å². The summed E-state index contributed by atoms with van der Waals surface area (Å²) in [4.78, 5) is 16.8. The molecule has 0 unspecified atom stereocenters. The van der Waals surface area contributed by atoms with E-state index in [1.807, 2.05) is 80.9 Å². The summed E-state index contributed by atoms with van der Waals surface area (Å²) >= 11 is 0. The van der Waals surface area contributed by atoms with E-state index in [1.54, 1.807) is 6.20 Å². The Hall–Kier alpha value is -3.08. The molecule has 2 aromatic carbocycles. The molecule has 0 aliphatic heterocycles. The van der Waals surface area contributed by atoms with E-state index < -0.39 is 6.10 Å². The van der Waals surface area contributed by atoms with E-state index in [0.717, 1.165) is 34.0 Å². The number of imidazole rings is 1. The summed E-state index contributed by atoms with van der Waals surface area (Å²) in [7, 11) is 0. The van der Waals surface area contributed by atoms with Crippen LogP contribution in [0.5, 0.6) is 5.75 Å². The van der Waals surface area contributed by atoms with Crippen LogP contribution in [-0.2, 0) is 11.3 Å². The molecule has 5 heteroatoms. The number of aromatic nitrogens is 2. The van der Waals surface area contributed by atoms with Crippen LogP contribution >= 0.6 is 0 Å². The molecular formula is C23H27N3O2. The minimum atomic E-state index is -0.506. The molecule has 0 saturated heterocycles. The topological polar surface area (TPSA) is 56.1 Å². The lowest BCUT2D eigenvalue weighted by molar-refractivity contribution is -0.128. The monoisotopic (exact) mass is 377 g/mol. The van der Waals surface area contributed by atoms with Crippen LogP contribution in [0.2, 0.25) is 0 Å². The van der Waals surface area contributed by atoms with Crippen molar-refractivity contribution in [3.05, 3.63) is 77.4 Å². The third-order valence-electron chi connectivity index (χ3n) is 4.78. The van der Waals surface area contributed by atoms with Gasteiger partial charge < -0.3 is 14.6 Å². The third kappa shape index (κ3) is 4.60. The Bertz CT molecular complexity index is 945. The molecule has 1 N–H and O–H groups in total. The Balaban J connectivity index is 1.60. The first kappa shape index (κ1) is 19.7. The van der Waals surface area contributed by atoms with Gasteiger partial charge in [-0.3, -0.25) is 4.79 Å². The second kappa shape index (κ2) is 8.74. The second-order valence-electron chi connectivity index (χ2n) is 7.01. The maximum absolute atomic E-state index is 12.6. The highest BCUT2D eigenvalue weighted by atomic mass is 16.5. The summed E-state index contributed by atoms with van der Waals surface area (Å²) < 4.78 is 8.01. The number of ether oxygens (including phenoxy) is 1. The molecule has 0 aliphatic carbocycles. The van der Waals surface area contributed by atoms with Gasteiger partial charge in [-0.15, -0.1) is 0 Å². The van der Waals surface area contributed by atoms with Gasteiger partial charge in [0.25, 0.3) is 5.91 Å². The highest BCUT2D eigenvalue weighted by molar-refractivity contribution is 5.81. The van der Waals surface area contributed by atoms with Crippen LogP contribution in [0.4, 0.5) is 0 Å². The minimum Gasteiger partial charge on any atom is -0.480 e. The van der Waals surface area contributed by atoms with Gasteiger partial charge in [0.1, 0.15) is 11.6 Å². The lowest BCUT2D eigenvalue weighted by Crippen LogP contribution is -2.37. The molecule has 28 heavy (non-hydrogen) atoms. The number of hydrogen-bond acceptors (Lipinski definition) is 3. The van der Waals surface area contributed by atoms with Crippen molar-refractivity contribution in [2.45, 2.75) is 46.8 Å². The summed E-state index contributed by atoms with van der Waals surface area (Å²) in [5, 5.41) is 2.99. The van der Waals surface area contributed by atoms with E-state index in [-0.39, 0.29) is 5.91 Å². The highest BCUT2D eigenvalue weighted by Gasteiger charge is 2.19. The fraction of sp³-hybridized carbons (Fsp3) is 0.304. The first-order chi connectivity index (χ1) is 13.5. The number of hydrogen-bond donors (Lipinski definition) is 1. The summed E-state index contributed by atoms with van der Waals surface area (Å²) in [6.07, 6.45) is 3.82. The average molecular weight is 377 g/mol. The fourth-order valence-corrected chi connectivity index (χ4v) is 3.04. The molecule has 1 heterocycles. The highest BCUT2D eigenvalue weighted by Crippen LogP contribution is 2.21. The Morgan fingerprint density at radius 2 is 1.89 bits per heavy atom. The molecule has 1 amide bonds. The number of nitrogens with one attached hydrogen (secondary N) is 1. The molecule has 146 valence electrons. The van der Waals surface area contributed by atoms with Crippen LogP contribution in [0, 0.1) is 20.8 Å². The van der Waals surface area contributed by atoms with Crippen LogP contribution in [0.25, 0.3) is 5.69 Å². The van der Waals surface area contributed by atoms with Crippen molar-refractivity contribution in [3.8, 4) is 11.4 Å². The minimum absolute atomic E-state index is 0.0991. The summed E-state index contributed by atoms with van der Waals surface area (Å²) in [6, 6.07) is 14.1. The van der Waals surface area contributed by atoms with Crippen LogP contribution in [0.15, 0.2) is 54.9 Å². The molecule has 1 atom stereocenters. The SMILES string of the molecule is CC[C@H](Oc1cc(C)ccc1C)C(=O)NCc1ccc(-n2ccnc2C)cc1. The average Bonchev–Trinajstić information content (AvgIpc) is 3.13. The molecule has 0 bridgehead atoms. The van der Waals surface area contributed by atoms with Gasteiger partial charge in [-0.05, 0) is 62.1 Å². The van der Waals surface area contributed by atoms with Crippen LogP contribution in [-0.4, -0.2) is 21.6 Å². The number of benzene rings is 2. The Morgan fingerprint density at radius 3 is 2.54 bits per heavy atom. The molecule has 3 aromatic rings. The predicted molar refractivity (Wildman–Crippen MR) is 111 cm³/mol. The quantitative estimate of drug-likeness (QED) is 0.669. The third-order valence-corrected chi connectivity index (χ3v) is 4.78. The molecule has 0 spiro atoms. The van der Waals surface area contributed by atoms with Gasteiger partial charge in [-0.2, -0.15) is 0 Å². The molecule has 3 rings (SSSR count). The molecule has 0 saturated carbocycles. The standard InChI is InChI=1S/C23H27N3O2/c1-5-21(28-22-14-16(2)6-7-17(22)3)23(27)25-15-19-8-10-20(11-9-19)26-13-12-24-18(26)4/h6-14,21H,5,15H2,1-4H3,(H,25,27)/t21-/m0/s1. The number of carbonyl (C=O) groups excluding carboxylic acids is 1. The zero-order valence-electron chi connectivity index (χ0n) is 16.9. The van der Waals surface area contributed by atoms with Crippen molar-refractivity contribution < 1.29 is 9.53 Å². The van der Waals surface area contributed by atoms with Crippen LogP contribution < -0.4 is 10.1 Å². The summed E-state index contributed by atoms with van der Waals surface area (Å²) in [6.45, 7) is 8.40. The first-order valence-corrected chi connectivity index (χ1v) is 9.59. The van der Waals surface area contributed by atoms with Crippen molar-refractivity contribution >= 4 is 5.91 Å². The van der Waals surface area contributed by atoms with Gasteiger partial charge in [0.05, 0.1) is 0 Å². The van der Waals surface area contributed by atoms with Gasteiger partial charge in [0.2, 0.25) is 0 Å². The van der Waals surface area contributed by atoms with Crippen LogP contribution in [0.3, 0.4) is 0 Å². The largest absolute Gasteiger partial charge is 0.480 e. The van der Waals surface area contributed by atoms with E-state index in [1.165, 1.54) is 0 Å². The van der Waals surface area contributed by atoms with Crippen molar-refractivity contribution in [2.75, 3.05) is 0 Å². The maximum Gasteiger partial charge on any atom is 0.261 e. The molecular weight excluding hydrogens is 350 g/mol. The van der Waals surface area contributed by atoms with Crippen molar-refractivity contribution in [1.82, 2.24) is 14.9 Å². The van der Waals surface area contributed by atoms with Crippen molar-refractivity contribution in [2.24, 2.45) is 0 Å². The fourth-order valence-electron chi connectivity index (χ4n) is 3.04. The number of carbonyl (C=O) groups is 1. The van der Waals surface area contributed by atoms with E-state index in [2.05, 4.69) is 10.3 Å². The van der Waals surface area contributed by atoms with E-state index in [4.69, 9.17) is 4.74 Å².